The molecule has 0 amide bonds. The lowest BCUT2D eigenvalue weighted by molar-refractivity contribution is 0.0476. The smallest absolute Gasteiger partial charge is 0.251 e. The van der Waals surface area contributed by atoms with Crippen LogP contribution in [-0.2, 0) is 0 Å². The minimum atomic E-state index is -2.43. The number of alkyl halides is 2. The molecule has 2 unspecified atom stereocenters. The number of rotatable bonds is 8. The van der Waals surface area contributed by atoms with Gasteiger partial charge in [0.15, 0.2) is 0 Å². The highest BCUT2D eigenvalue weighted by Crippen LogP contribution is 2.29. The number of aliphatic hydroxyl groups excluding tert-OH is 1. The Morgan fingerprint density at radius 3 is 2.67 bits per heavy atom. The summed E-state index contributed by atoms with van der Waals surface area (Å²) in [6, 6.07) is 3.32. The van der Waals surface area contributed by atoms with Gasteiger partial charge in [0.2, 0.25) is 0 Å². The minimum absolute atomic E-state index is 0.148. The monoisotopic (exact) mass is 278 g/mol. The number of halogens is 2. The van der Waals surface area contributed by atoms with Gasteiger partial charge in [-0.05, 0) is 17.9 Å². The van der Waals surface area contributed by atoms with Crippen LogP contribution in [0.15, 0.2) is 17.5 Å². The van der Waals surface area contributed by atoms with Gasteiger partial charge in [0, 0.05) is 17.5 Å². The molecule has 3 nitrogen and oxygen atoms in total. The van der Waals surface area contributed by atoms with Gasteiger partial charge in [0.25, 0.3) is 6.43 Å². The van der Waals surface area contributed by atoms with Crippen LogP contribution >= 0.6 is 11.3 Å². The molecule has 0 aliphatic carbocycles. The largest absolute Gasteiger partial charge is 0.395 e. The first kappa shape index (κ1) is 15.5. The van der Waals surface area contributed by atoms with E-state index < -0.39 is 6.43 Å². The third kappa shape index (κ3) is 4.28. The fraction of sp³-hybridized carbons (Fsp3) is 0.667. The molecule has 104 valence electrons. The third-order valence-electron chi connectivity index (χ3n) is 2.86. The van der Waals surface area contributed by atoms with Crippen molar-refractivity contribution in [2.45, 2.75) is 31.9 Å². The van der Waals surface area contributed by atoms with Gasteiger partial charge in [-0.25, -0.2) is 8.78 Å². The summed E-state index contributed by atoms with van der Waals surface area (Å²) in [5.74, 6) is 0. The van der Waals surface area contributed by atoms with Crippen LogP contribution in [-0.4, -0.2) is 42.2 Å². The first-order chi connectivity index (χ1) is 8.60. The topological polar surface area (TPSA) is 49.5 Å². The van der Waals surface area contributed by atoms with Crippen LogP contribution in [0.25, 0.3) is 0 Å². The fourth-order valence-corrected chi connectivity index (χ4v) is 2.93. The van der Waals surface area contributed by atoms with Crippen LogP contribution in [0.2, 0.25) is 0 Å². The maximum atomic E-state index is 12.6. The second-order valence-electron chi connectivity index (χ2n) is 4.14. The van der Waals surface area contributed by atoms with Crippen LogP contribution in [0.1, 0.15) is 24.3 Å². The molecular weight excluding hydrogens is 258 g/mol. The Kier molecular flexibility index (Phi) is 6.70. The van der Waals surface area contributed by atoms with Crippen molar-refractivity contribution in [1.82, 2.24) is 4.90 Å². The normalized spacial score (nSPS) is 15.3. The molecule has 1 aromatic heterocycles. The standard InChI is InChI=1S/C12H20F2N2OS/c1-2-9(15)12(10-4-3-7-18-10)16(5-6-17)8-11(13)14/h3-4,7,9,11-12,17H,2,5-6,8,15H2,1H3. The number of hydrogen-bond acceptors (Lipinski definition) is 4. The Morgan fingerprint density at radius 1 is 1.50 bits per heavy atom. The molecule has 0 aliphatic heterocycles. The molecule has 1 aromatic rings. The van der Waals surface area contributed by atoms with Gasteiger partial charge in [-0.15, -0.1) is 11.3 Å². The minimum Gasteiger partial charge on any atom is -0.395 e. The van der Waals surface area contributed by atoms with Crippen molar-refractivity contribution >= 4 is 11.3 Å². The van der Waals surface area contributed by atoms with Gasteiger partial charge in [-0.1, -0.05) is 13.0 Å². The fourth-order valence-electron chi connectivity index (χ4n) is 1.99. The molecule has 6 heteroatoms. The van der Waals surface area contributed by atoms with Crippen molar-refractivity contribution in [3.05, 3.63) is 22.4 Å². The van der Waals surface area contributed by atoms with Gasteiger partial charge in [-0.2, -0.15) is 0 Å². The van der Waals surface area contributed by atoms with E-state index in [1.54, 1.807) is 4.90 Å². The first-order valence-corrected chi connectivity index (χ1v) is 6.90. The van der Waals surface area contributed by atoms with E-state index in [0.29, 0.717) is 6.42 Å². The molecule has 2 atom stereocenters. The number of thiophene rings is 1. The Bertz CT molecular complexity index is 322. The molecule has 1 rings (SSSR count). The summed E-state index contributed by atoms with van der Waals surface area (Å²) < 4.78 is 25.2. The predicted octanol–water partition coefficient (Wildman–Crippen LogP) is 2.09. The van der Waals surface area contributed by atoms with E-state index in [0.717, 1.165) is 4.88 Å². The number of hydrogen-bond donors (Lipinski definition) is 2. The van der Waals surface area contributed by atoms with Crippen molar-refractivity contribution in [3.63, 3.8) is 0 Å². The van der Waals surface area contributed by atoms with Gasteiger partial charge >= 0.3 is 0 Å². The van der Waals surface area contributed by atoms with E-state index >= 15 is 0 Å². The van der Waals surface area contributed by atoms with Crippen LogP contribution in [0.5, 0.6) is 0 Å². The second-order valence-corrected chi connectivity index (χ2v) is 5.12. The average molecular weight is 278 g/mol. The van der Waals surface area contributed by atoms with E-state index in [-0.39, 0.29) is 31.8 Å². The van der Waals surface area contributed by atoms with E-state index in [2.05, 4.69) is 0 Å². The summed E-state index contributed by atoms with van der Waals surface area (Å²) in [6.45, 7) is 1.63. The predicted molar refractivity (Wildman–Crippen MR) is 70.0 cm³/mol. The van der Waals surface area contributed by atoms with Crippen LogP contribution in [0.3, 0.4) is 0 Å². The Labute approximate surface area is 110 Å². The summed E-state index contributed by atoms with van der Waals surface area (Å²) in [5.41, 5.74) is 6.05. The van der Waals surface area contributed by atoms with Crippen molar-refractivity contribution in [2.75, 3.05) is 19.7 Å². The molecule has 0 saturated heterocycles. The van der Waals surface area contributed by atoms with Crippen molar-refractivity contribution in [2.24, 2.45) is 5.73 Å². The molecule has 3 N–H and O–H groups in total. The highest BCUT2D eigenvalue weighted by molar-refractivity contribution is 7.10. The van der Waals surface area contributed by atoms with Crippen molar-refractivity contribution in [1.29, 1.82) is 0 Å². The maximum absolute atomic E-state index is 12.6. The Morgan fingerprint density at radius 2 is 2.22 bits per heavy atom. The number of nitrogens with zero attached hydrogens (tertiary/aromatic N) is 1. The first-order valence-electron chi connectivity index (χ1n) is 6.02. The maximum Gasteiger partial charge on any atom is 0.251 e. The Balaban J connectivity index is 2.90. The second kappa shape index (κ2) is 7.78. The zero-order valence-electron chi connectivity index (χ0n) is 10.4. The molecule has 18 heavy (non-hydrogen) atoms. The molecule has 0 aliphatic rings. The molecule has 1 heterocycles. The number of nitrogens with two attached hydrogens (primary N) is 1. The summed E-state index contributed by atoms with van der Waals surface area (Å²) in [5, 5.41) is 10.9. The third-order valence-corrected chi connectivity index (χ3v) is 3.81. The lowest BCUT2D eigenvalue weighted by Crippen LogP contribution is -2.43. The van der Waals surface area contributed by atoms with Crippen LogP contribution < -0.4 is 5.73 Å². The van der Waals surface area contributed by atoms with Gasteiger partial charge < -0.3 is 10.8 Å². The number of aliphatic hydroxyl groups is 1. The van der Waals surface area contributed by atoms with Crippen molar-refractivity contribution < 1.29 is 13.9 Å². The highest BCUT2D eigenvalue weighted by Gasteiger charge is 2.28. The zero-order valence-corrected chi connectivity index (χ0v) is 11.2. The lowest BCUT2D eigenvalue weighted by atomic mass is 10.0. The van der Waals surface area contributed by atoms with Crippen molar-refractivity contribution in [3.8, 4) is 0 Å². The summed E-state index contributed by atoms with van der Waals surface area (Å²) in [6.07, 6.45) is -1.73. The molecule has 0 saturated carbocycles. The van der Waals surface area contributed by atoms with E-state index in [1.165, 1.54) is 11.3 Å². The summed E-state index contributed by atoms with van der Waals surface area (Å²) in [4.78, 5) is 2.54. The van der Waals surface area contributed by atoms with Crippen LogP contribution in [0.4, 0.5) is 8.78 Å². The molecule has 0 spiro atoms. The van der Waals surface area contributed by atoms with E-state index in [9.17, 15) is 8.78 Å². The molecule has 0 fully saturated rings. The highest BCUT2D eigenvalue weighted by atomic mass is 32.1. The molecular formula is C12H20F2N2OS. The quantitative estimate of drug-likeness (QED) is 0.765. The summed E-state index contributed by atoms with van der Waals surface area (Å²) in [7, 11) is 0. The van der Waals surface area contributed by atoms with Gasteiger partial charge in [0.05, 0.1) is 19.2 Å². The van der Waals surface area contributed by atoms with E-state index in [4.69, 9.17) is 10.8 Å². The summed E-state index contributed by atoms with van der Waals surface area (Å²) >= 11 is 1.51. The molecule has 0 aromatic carbocycles. The SMILES string of the molecule is CCC(N)C(c1cccs1)N(CCO)CC(F)F. The molecule has 0 bridgehead atoms. The Hall–Kier alpha value is -0.560. The molecule has 0 radical (unpaired) electrons. The average Bonchev–Trinajstić information content (AvgIpc) is 2.82. The van der Waals surface area contributed by atoms with Crippen LogP contribution in [0, 0.1) is 0 Å². The zero-order chi connectivity index (χ0) is 13.5. The van der Waals surface area contributed by atoms with Gasteiger partial charge in [-0.3, -0.25) is 4.90 Å². The lowest BCUT2D eigenvalue weighted by Gasteiger charge is -2.34. The van der Waals surface area contributed by atoms with E-state index in [1.807, 2.05) is 24.4 Å². The van der Waals surface area contributed by atoms with Gasteiger partial charge in [0.1, 0.15) is 0 Å².